The van der Waals surface area contributed by atoms with Crippen molar-refractivity contribution in [2.75, 3.05) is 54.8 Å². The summed E-state index contributed by atoms with van der Waals surface area (Å²) >= 11 is 0. The first-order chi connectivity index (χ1) is 15.8. The molecule has 1 N–H and O–H groups in total. The molecule has 7 nitrogen and oxygen atoms in total. The quantitative estimate of drug-likeness (QED) is 0.604. The summed E-state index contributed by atoms with van der Waals surface area (Å²) in [6.07, 6.45) is 0. The number of piperazine rings is 1. The van der Waals surface area contributed by atoms with Crippen LogP contribution in [0.3, 0.4) is 0 Å². The van der Waals surface area contributed by atoms with Crippen molar-refractivity contribution < 1.29 is 13.2 Å². The minimum Gasteiger partial charge on any atom is -0.369 e. The summed E-state index contributed by atoms with van der Waals surface area (Å²) in [4.78, 5) is 17.5. The van der Waals surface area contributed by atoms with E-state index in [4.69, 9.17) is 0 Å². The van der Waals surface area contributed by atoms with Crippen LogP contribution in [0.5, 0.6) is 0 Å². The van der Waals surface area contributed by atoms with E-state index >= 15 is 0 Å². The Morgan fingerprint density at radius 1 is 0.848 bits per heavy atom. The Hall–Kier alpha value is -3.36. The Kier molecular flexibility index (Phi) is 6.67. The highest BCUT2D eigenvalue weighted by Gasteiger charge is 2.21. The Bertz CT molecular complexity index is 1190. The van der Waals surface area contributed by atoms with Crippen molar-refractivity contribution in [3.05, 3.63) is 84.4 Å². The highest BCUT2D eigenvalue weighted by molar-refractivity contribution is 7.92. The Balaban J connectivity index is 1.40. The van der Waals surface area contributed by atoms with Crippen LogP contribution in [-0.2, 0) is 10.0 Å². The molecule has 3 aromatic rings. The molecule has 1 fully saturated rings. The van der Waals surface area contributed by atoms with Crippen LogP contribution in [0.15, 0.2) is 83.8 Å². The van der Waals surface area contributed by atoms with Gasteiger partial charge in [-0.05, 0) is 67.7 Å². The Morgan fingerprint density at radius 3 is 2.06 bits per heavy atom. The van der Waals surface area contributed by atoms with Gasteiger partial charge in [0.25, 0.3) is 15.9 Å². The minimum atomic E-state index is -3.66. The van der Waals surface area contributed by atoms with E-state index in [2.05, 4.69) is 22.2 Å². The van der Waals surface area contributed by atoms with Crippen LogP contribution < -0.4 is 14.5 Å². The topological polar surface area (TPSA) is 73.0 Å². The number of carbonyl (C=O) groups is 1. The van der Waals surface area contributed by atoms with Gasteiger partial charge in [0.2, 0.25) is 0 Å². The number of rotatable bonds is 6. The molecule has 3 aromatic carbocycles. The molecular weight excluding hydrogens is 436 g/mol. The largest absolute Gasteiger partial charge is 0.369 e. The van der Waals surface area contributed by atoms with Gasteiger partial charge in [0.05, 0.1) is 10.6 Å². The fraction of sp³-hybridized carbons (Fsp3) is 0.240. The van der Waals surface area contributed by atoms with E-state index in [0.717, 1.165) is 31.9 Å². The lowest BCUT2D eigenvalue weighted by Gasteiger charge is -2.34. The third-order valence-corrected chi connectivity index (χ3v) is 7.69. The van der Waals surface area contributed by atoms with Gasteiger partial charge in [-0.25, -0.2) is 8.42 Å². The van der Waals surface area contributed by atoms with Crippen LogP contribution >= 0.6 is 0 Å². The molecule has 172 valence electrons. The van der Waals surface area contributed by atoms with E-state index in [-0.39, 0.29) is 10.8 Å². The SMILES string of the molecule is CN1CCN(c2ccc(NC(=O)c3ccc(N(C)S(=O)(=O)c4ccccc4)cc3)cc2)CC1. The lowest BCUT2D eigenvalue weighted by molar-refractivity contribution is 0.102. The van der Waals surface area contributed by atoms with Gasteiger partial charge in [0, 0.05) is 50.2 Å². The molecule has 8 heteroatoms. The molecule has 0 aromatic heterocycles. The first-order valence-electron chi connectivity index (χ1n) is 10.8. The molecule has 1 saturated heterocycles. The normalized spacial score (nSPS) is 14.7. The summed E-state index contributed by atoms with van der Waals surface area (Å²) in [6, 6.07) is 22.6. The van der Waals surface area contributed by atoms with E-state index in [1.165, 1.54) is 11.4 Å². The molecule has 0 aliphatic carbocycles. The summed E-state index contributed by atoms with van der Waals surface area (Å²) in [7, 11) is -0.0370. The molecule has 4 rings (SSSR count). The number of amides is 1. The van der Waals surface area contributed by atoms with Crippen LogP contribution in [0, 0.1) is 0 Å². The van der Waals surface area contributed by atoms with Gasteiger partial charge in [-0.15, -0.1) is 0 Å². The summed E-state index contributed by atoms with van der Waals surface area (Å²) in [6.45, 7) is 4.05. The van der Waals surface area contributed by atoms with Crippen LogP contribution in [-0.4, -0.2) is 59.5 Å². The molecule has 1 aliphatic rings. The van der Waals surface area contributed by atoms with E-state index in [9.17, 15) is 13.2 Å². The van der Waals surface area contributed by atoms with Crippen molar-refractivity contribution >= 4 is 33.0 Å². The smallest absolute Gasteiger partial charge is 0.264 e. The summed E-state index contributed by atoms with van der Waals surface area (Å²) in [5.41, 5.74) is 2.79. The van der Waals surface area contributed by atoms with Gasteiger partial charge < -0.3 is 15.1 Å². The lowest BCUT2D eigenvalue weighted by atomic mass is 10.2. The third kappa shape index (κ3) is 5.18. The second-order valence-electron chi connectivity index (χ2n) is 8.12. The van der Waals surface area contributed by atoms with Crippen molar-refractivity contribution in [2.24, 2.45) is 0 Å². The molecule has 1 amide bonds. The summed E-state index contributed by atoms with van der Waals surface area (Å²) in [5.74, 6) is -0.248. The van der Waals surface area contributed by atoms with Crippen molar-refractivity contribution in [1.82, 2.24) is 4.90 Å². The second kappa shape index (κ2) is 9.64. The number of carbonyl (C=O) groups excluding carboxylic acids is 1. The minimum absolute atomic E-state index is 0.217. The zero-order valence-corrected chi connectivity index (χ0v) is 19.6. The number of hydrogen-bond donors (Lipinski definition) is 1. The van der Waals surface area contributed by atoms with Gasteiger partial charge in [0.1, 0.15) is 0 Å². The van der Waals surface area contributed by atoms with Crippen LogP contribution in [0.1, 0.15) is 10.4 Å². The molecule has 0 spiro atoms. The number of hydrogen-bond acceptors (Lipinski definition) is 5. The highest BCUT2D eigenvalue weighted by atomic mass is 32.2. The zero-order valence-electron chi connectivity index (χ0n) is 18.8. The Morgan fingerprint density at radius 2 is 1.45 bits per heavy atom. The fourth-order valence-corrected chi connectivity index (χ4v) is 4.95. The van der Waals surface area contributed by atoms with E-state index in [1.54, 1.807) is 54.6 Å². The van der Waals surface area contributed by atoms with Gasteiger partial charge in [-0.2, -0.15) is 0 Å². The average Bonchev–Trinajstić information content (AvgIpc) is 2.85. The maximum Gasteiger partial charge on any atom is 0.264 e. The highest BCUT2D eigenvalue weighted by Crippen LogP contribution is 2.23. The number of likely N-dealkylation sites (N-methyl/N-ethyl adjacent to an activating group) is 1. The van der Waals surface area contributed by atoms with Crippen molar-refractivity contribution in [3.8, 4) is 0 Å². The average molecular weight is 465 g/mol. The molecule has 0 bridgehead atoms. The molecule has 0 saturated carbocycles. The predicted octanol–water partition coefficient (Wildman–Crippen LogP) is 3.52. The molecular formula is C25H28N4O3S. The van der Waals surface area contributed by atoms with Crippen molar-refractivity contribution in [2.45, 2.75) is 4.90 Å². The standard InChI is InChI=1S/C25H28N4O3S/c1-27-16-18-29(19-17-27)23-14-10-21(11-15-23)26-25(30)20-8-12-22(13-9-20)28(2)33(31,32)24-6-4-3-5-7-24/h3-15H,16-19H2,1-2H3,(H,26,30). The predicted molar refractivity (Wildman–Crippen MR) is 133 cm³/mol. The lowest BCUT2D eigenvalue weighted by Crippen LogP contribution is -2.44. The van der Waals surface area contributed by atoms with Crippen LogP contribution in [0.2, 0.25) is 0 Å². The van der Waals surface area contributed by atoms with Crippen molar-refractivity contribution in [1.29, 1.82) is 0 Å². The van der Waals surface area contributed by atoms with Gasteiger partial charge in [0.15, 0.2) is 0 Å². The number of anilines is 3. The molecule has 0 atom stereocenters. The fourth-order valence-electron chi connectivity index (χ4n) is 3.74. The molecule has 0 unspecified atom stereocenters. The Labute approximate surface area is 195 Å². The van der Waals surface area contributed by atoms with Gasteiger partial charge >= 0.3 is 0 Å². The van der Waals surface area contributed by atoms with Crippen molar-refractivity contribution in [3.63, 3.8) is 0 Å². The first-order valence-corrected chi connectivity index (χ1v) is 12.3. The maximum atomic E-state index is 12.8. The summed E-state index contributed by atoms with van der Waals surface area (Å²) in [5, 5.41) is 2.90. The van der Waals surface area contributed by atoms with Crippen LogP contribution in [0.4, 0.5) is 17.1 Å². The van der Waals surface area contributed by atoms with E-state index in [0.29, 0.717) is 16.9 Å². The monoisotopic (exact) mass is 464 g/mol. The molecule has 1 aliphatic heterocycles. The maximum absolute atomic E-state index is 12.8. The first kappa shape index (κ1) is 22.8. The van der Waals surface area contributed by atoms with Crippen LogP contribution in [0.25, 0.3) is 0 Å². The number of nitrogens with zero attached hydrogens (tertiary/aromatic N) is 3. The van der Waals surface area contributed by atoms with Gasteiger partial charge in [-0.1, -0.05) is 18.2 Å². The number of nitrogens with one attached hydrogen (secondary N) is 1. The third-order valence-electron chi connectivity index (χ3n) is 5.89. The number of sulfonamides is 1. The number of benzene rings is 3. The molecule has 1 heterocycles. The van der Waals surface area contributed by atoms with E-state index < -0.39 is 10.0 Å². The zero-order chi connectivity index (χ0) is 23.4. The molecule has 33 heavy (non-hydrogen) atoms. The van der Waals surface area contributed by atoms with Gasteiger partial charge in [-0.3, -0.25) is 9.10 Å². The second-order valence-corrected chi connectivity index (χ2v) is 10.1. The summed E-state index contributed by atoms with van der Waals surface area (Å²) < 4.78 is 26.8. The van der Waals surface area contributed by atoms with E-state index in [1.807, 2.05) is 24.3 Å². The molecule has 0 radical (unpaired) electrons.